The number of nitrogens with one attached hydrogen (secondary N) is 3. The van der Waals surface area contributed by atoms with Crippen LogP contribution in [-0.2, 0) is 0 Å². The Morgan fingerprint density at radius 1 is 1.26 bits per heavy atom. The van der Waals surface area contributed by atoms with Gasteiger partial charge >= 0.3 is 0 Å². The molecule has 3 aromatic rings. The monoisotopic (exact) mass is 471 g/mol. The smallest absolute Gasteiger partial charge is 0.260 e. The lowest BCUT2D eigenvalue weighted by Gasteiger charge is -2.35. The van der Waals surface area contributed by atoms with E-state index in [0.717, 1.165) is 38.2 Å². The molecule has 5 rings (SSSR count). The Kier molecular flexibility index (Phi) is 6.05. The van der Waals surface area contributed by atoms with Crippen molar-refractivity contribution in [3.05, 3.63) is 69.8 Å². The van der Waals surface area contributed by atoms with Crippen LogP contribution in [-0.4, -0.2) is 48.5 Å². The second-order valence-electron chi connectivity index (χ2n) is 8.93. The lowest BCUT2D eigenvalue weighted by atomic mass is 9.93. The van der Waals surface area contributed by atoms with Gasteiger partial charge in [0.2, 0.25) is 0 Å². The Balaban J connectivity index is 1.66. The number of hydrogen-bond acceptors (Lipinski definition) is 7. The van der Waals surface area contributed by atoms with E-state index < -0.39 is 5.82 Å². The highest BCUT2D eigenvalue weighted by atomic mass is 19.1. The summed E-state index contributed by atoms with van der Waals surface area (Å²) in [5.74, 6) is 0.693. The third kappa shape index (κ3) is 4.17. The summed E-state index contributed by atoms with van der Waals surface area (Å²) in [6.07, 6.45) is 3.28. The molecule has 0 spiro atoms. The van der Waals surface area contributed by atoms with Crippen molar-refractivity contribution >= 4 is 17.7 Å². The topological polar surface area (TPSA) is 110 Å². The summed E-state index contributed by atoms with van der Waals surface area (Å²) in [4.78, 5) is 20.5. The molecule has 2 aliphatic heterocycles. The molecule has 2 unspecified atom stereocenters. The zero-order chi connectivity index (χ0) is 24.5. The zero-order valence-corrected chi connectivity index (χ0v) is 19.4. The molecule has 2 aromatic carbocycles. The minimum Gasteiger partial charge on any atom is -0.388 e. The minimum atomic E-state index is -0.667. The molecule has 1 aromatic heterocycles. The third-order valence-corrected chi connectivity index (χ3v) is 6.95. The maximum absolute atomic E-state index is 14.6. The summed E-state index contributed by atoms with van der Waals surface area (Å²) < 4.78 is 16.0. The molecular weight excluding hydrogens is 445 g/mol. The molecule has 2 saturated heterocycles. The predicted octanol–water partition coefficient (Wildman–Crippen LogP) is 3.14. The summed E-state index contributed by atoms with van der Waals surface area (Å²) in [5.41, 5.74) is 1.90. The van der Waals surface area contributed by atoms with E-state index in [-0.39, 0.29) is 16.9 Å². The molecule has 178 valence electrons. The van der Waals surface area contributed by atoms with E-state index in [1.807, 2.05) is 6.07 Å². The van der Waals surface area contributed by atoms with Gasteiger partial charge in [0, 0.05) is 55.3 Å². The lowest BCUT2D eigenvalue weighted by Crippen LogP contribution is -2.45. The van der Waals surface area contributed by atoms with E-state index in [0.29, 0.717) is 34.6 Å². The van der Waals surface area contributed by atoms with Gasteiger partial charge in [0.25, 0.3) is 5.56 Å². The first kappa shape index (κ1) is 22.7. The number of fused-ring (bicyclic) bond motifs is 1. The molecule has 9 heteroatoms. The predicted molar refractivity (Wildman–Crippen MR) is 134 cm³/mol. The number of benzene rings is 2. The van der Waals surface area contributed by atoms with Crippen molar-refractivity contribution in [2.75, 3.05) is 36.9 Å². The molecule has 0 bridgehead atoms. The van der Waals surface area contributed by atoms with Crippen molar-refractivity contribution in [3.63, 3.8) is 0 Å². The molecule has 2 aliphatic rings. The fourth-order valence-electron chi connectivity index (χ4n) is 5.11. The number of hydrogen-bond donors (Lipinski definition) is 3. The quantitative estimate of drug-likeness (QED) is 0.493. The lowest BCUT2D eigenvalue weighted by molar-refractivity contribution is 0.375. The second-order valence-corrected chi connectivity index (χ2v) is 8.93. The molecule has 2 fully saturated rings. The van der Waals surface area contributed by atoms with Gasteiger partial charge in [0.1, 0.15) is 23.5 Å². The van der Waals surface area contributed by atoms with Gasteiger partial charge in [-0.1, -0.05) is 0 Å². The maximum atomic E-state index is 14.6. The van der Waals surface area contributed by atoms with Crippen LogP contribution in [0.3, 0.4) is 0 Å². The molecule has 35 heavy (non-hydrogen) atoms. The first-order chi connectivity index (χ1) is 17.0. The molecule has 3 N–H and O–H groups in total. The molecule has 8 nitrogen and oxygen atoms in total. The van der Waals surface area contributed by atoms with Crippen molar-refractivity contribution in [1.82, 2.24) is 14.9 Å². The van der Waals surface area contributed by atoms with E-state index in [4.69, 9.17) is 15.7 Å². The molecule has 0 amide bonds. The van der Waals surface area contributed by atoms with E-state index in [1.165, 1.54) is 29.0 Å². The van der Waals surface area contributed by atoms with Crippen molar-refractivity contribution in [3.8, 4) is 23.1 Å². The molecule has 0 saturated carbocycles. The first-order valence-electron chi connectivity index (χ1n) is 11.7. The number of rotatable bonds is 5. The van der Waals surface area contributed by atoms with Gasteiger partial charge in [-0.25, -0.2) is 9.37 Å². The normalized spacial score (nSPS) is 19.2. The van der Waals surface area contributed by atoms with Crippen LogP contribution in [0.2, 0.25) is 0 Å². The number of nitrogens with zero attached hydrogens (tertiary/aromatic N) is 4. The largest absolute Gasteiger partial charge is 0.388 e. The van der Waals surface area contributed by atoms with Crippen LogP contribution in [0.5, 0.6) is 0 Å². The van der Waals surface area contributed by atoms with Gasteiger partial charge in [-0.2, -0.15) is 5.26 Å². The van der Waals surface area contributed by atoms with Crippen molar-refractivity contribution in [2.45, 2.75) is 18.9 Å². The SMILES string of the molecule is CNc1ccc(-n2c(-c3ccc(C#N)c(F)c3)nc(N3CCC4NCCC4C3)cc2=O)cc1C=N. The van der Waals surface area contributed by atoms with Crippen LogP contribution >= 0.6 is 0 Å². The number of piperidine rings is 1. The van der Waals surface area contributed by atoms with Gasteiger partial charge in [0.05, 0.1) is 11.3 Å². The average Bonchev–Trinajstić information content (AvgIpc) is 3.36. The maximum Gasteiger partial charge on any atom is 0.260 e. The van der Waals surface area contributed by atoms with Gasteiger partial charge in [0.15, 0.2) is 0 Å². The van der Waals surface area contributed by atoms with E-state index in [1.54, 1.807) is 31.3 Å². The minimum absolute atomic E-state index is 0.0703. The van der Waals surface area contributed by atoms with Crippen LogP contribution in [0.4, 0.5) is 15.9 Å². The highest BCUT2D eigenvalue weighted by Crippen LogP contribution is 2.30. The molecule has 0 aliphatic carbocycles. The van der Waals surface area contributed by atoms with Crippen molar-refractivity contribution in [2.24, 2.45) is 5.92 Å². The Morgan fingerprint density at radius 3 is 2.86 bits per heavy atom. The Bertz CT molecular complexity index is 1390. The zero-order valence-electron chi connectivity index (χ0n) is 19.4. The third-order valence-electron chi connectivity index (χ3n) is 6.95. The van der Waals surface area contributed by atoms with Gasteiger partial charge in [-0.05, 0) is 61.7 Å². The highest BCUT2D eigenvalue weighted by molar-refractivity contribution is 5.87. The summed E-state index contributed by atoms with van der Waals surface area (Å²) in [5, 5.41) is 23.5. The molecule has 3 heterocycles. The van der Waals surface area contributed by atoms with Gasteiger partial charge in [-0.15, -0.1) is 0 Å². The molecule has 2 atom stereocenters. The van der Waals surface area contributed by atoms with Crippen LogP contribution < -0.4 is 21.1 Å². The molecular formula is C26H26FN7O. The standard InChI is InChI=1S/C26H26FN7O/c1-30-22-5-4-20(10-19(22)14-29)34-25(35)12-24(33-9-7-23-18(15-33)6-8-31-23)32-26(34)16-2-3-17(13-28)21(27)11-16/h2-5,10-12,14,18,23,29-31H,6-9,15H2,1H3. The van der Waals surface area contributed by atoms with E-state index in [2.05, 4.69) is 15.5 Å². The average molecular weight is 472 g/mol. The summed E-state index contributed by atoms with van der Waals surface area (Å²) in [6, 6.07) is 13.4. The number of nitriles is 1. The van der Waals surface area contributed by atoms with Crippen LogP contribution in [0.1, 0.15) is 24.0 Å². The van der Waals surface area contributed by atoms with Crippen LogP contribution in [0, 0.1) is 28.5 Å². The van der Waals surface area contributed by atoms with Crippen molar-refractivity contribution < 1.29 is 4.39 Å². The van der Waals surface area contributed by atoms with Crippen LogP contribution in [0.15, 0.2) is 47.3 Å². The Hall–Kier alpha value is -4.03. The number of anilines is 2. The fraction of sp³-hybridized carbons (Fsp3) is 0.308. The fourth-order valence-corrected chi connectivity index (χ4v) is 5.11. The van der Waals surface area contributed by atoms with E-state index in [9.17, 15) is 9.18 Å². The number of halogens is 1. The van der Waals surface area contributed by atoms with Gasteiger partial charge < -0.3 is 20.9 Å². The highest BCUT2D eigenvalue weighted by Gasteiger charge is 2.33. The Labute approximate surface area is 202 Å². The first-order valence-corrected chi connectivity index (χ1v) is 11.7. The van der Waals surface area contributed by atoms with Crippen LogP contribution in [0.25, 0.3) is 17.1 Å². The van der Waals surface area contributed by atoms with Gasteiger partial charge in [-0.3, -0.25) is 9.36 Å². The molecule has 0 radical (unpaired) electrons. The Morgan fingerprint density at radius 2 is 2.11 bits per heavy atom. The summed E-state index contributed by atoms with van der Waals surface area (Å²) >= 11 is 0. The summed E-state index contributed by atoms with van der Waals surface area (Å²) in [6.45, 7) is 2.59. The summed E-state index contributed by atoms with van der Waals surface area (Å²) in [7, 11) is 1.76. The van der Waals surface area contributed by atoms with Crippen molar-refractivity contribution in [1.29, 1.82) is 10.7 Å². The number of aromatic nitrogens is 2. The second kappa shape index (κ2) is 9.31. The van der Waals surface area contributed by atoms with E-state index >= 15 is 0 Å².